The van der Waals surface area contributed by atoms with Gasteiger partial charge in [0.05, 0.1) is 16.6 Å². The van der Waals surface area contributed by atoms with Gasteiger partial charge in [-0.1, -0.05) is 91.0 Å². The van der Waals surface area contributed by atoms with Crippen LogP contribution in [0.4, 0.5) is 0 Å². The van der Waals surface area contributed by atoms with Crippen molar-refractivity contribution >= 4 is 65.2 Å². The van der Waals surface area contributed by atoms with Crippen molar-refractivity contribution in [2.75, 3.05) is 0 Å². The molecule has 0 atom stereocenters. The zero-order valence-corrected chi connectivity index (χ0v) is 19.4. The molecule has 8 rings (SSSR count). The first-order valence-electron chi connectivity index (χ1n) is 12.1. The number of nitrogens with zero attached hydrogens (tertiary/aromatic N) is 2. The number of benzene rings is 6. The molecule has 0 aliphatic carbocycles. The van der Waals surface area contributed by atoms with Crippen LogP contribution in [0.5, 0.6) is 0 Å². The molecule has 0 radical (unpaired) electrons. The van der Waals surface area contributed by atoms with E-state index < -0.39 is 0 Å². The fourth-order valence-electron chi connectivity index (χ4n) is 6.20. The van der Waals surface area contributed by atoms with E-state index in [0.29, 0.717) is 0 Å². The van der Waals surface area contributed by atoms with Crippen LogP contribution in [0.2, 0.25) is 0 Å². The highest BCUT2D eigenvalue weighted by atomic mass is 15.0. The second kappa shape index (κ2) is 6.74. The average molecular weight is 447 g/mol. The number of hydrogen-bond donors (Lipinski definition) is 0. The molecule has 2 aromatic heterocycles. The van der Waals surface area contributed by atoms with Crippen molar-refractivity contribution in [2.45, 2.75) is 0 Å². The van der Waals surface area contributed by atoms with E-state index in [1.54, 1.807) is 0 Å². The van der Waals surface area contributed by atoms with Crippen LogP contribution in [-0.4, -0.2) is 9.13 Å². The molecule has 0 aliphatic rings. The molecule has 0 unspecified atom stereocenters. The molecule has 0 saturated carbocycles. The predicted octanol–water partition coefficient (Wildman–Crippen LogP) is 8.73. The van der Waals surface area contributed by atoms with Crippen LogP contribution in [0, 0.1) is 0 Å². The SMILES string of the molecule is Cn1c2ccccc2c2ccc3c(ccc4ccc5c6ccccc6n(-c6ccccc6)c5c43)c21. The van der Waals surface area contributed by atoms with Gasteiger partial charge in [0.25, 0.3) is 0 Å². The quantitative estimate of drug-likeness (QED) is 0.223. The highest BCUT2D eigenvalue weighted by molar-refractivity contribution is 6.29. The highest BCUT2D eigenvalue weighted by Gasteiger charge is 2.18. The normalized spacial score (nSPS) is 12.1. The van der Waals surface area contributed by atoms with Crippen molar-refractivity contribution in [1.82, 2.24) is 9.13 Å². The van der Waals surface area contributed by atoms with Gasteiger partial charge in [-0.25, -0.2) is 0 Å². The monoisotopic (exact) mass is 446 g/mol. The molecule has 0 N–H and O–H groups in total. The van der Waals surface area contributed by atoms with Crippen molar-refractivity contribution in [1.29, 1.82) is 0 Å². The summed E-state index contributed by atoms with van der Waals surface area (Å²) < 4.78 is 4.80. The van der Waals surface area contributed by atoms with E-state index in [1.807, 2.05) is 0 Å². The second-order valence-electron chi connectivity index (χ2n) is 9.45. The summed E-state index contributed by atoms with van der Waals surface area (Å²) in [6.07, 6.45) is 0. The van der Waals surface area contributed by atoms with Gasteiger partial charge >= 0.3 is 0 Å². The summed E-state index contributed by atoms with van der Waals surface area (Å²) in [5, 5.41) is 10.4. The molecular formula is C33H22N2. The molecule has 0 aliphatic heterocycles. The van der Waals surface area contributed by atoms with E-state index in [2.05, 4.69) is 131 Å². The number of para-hydroxylation sites is 3. The molecule has 164 valence electrons. The van der Waals surface area contributed by atoms with Gasteiger partial charge in [-0.05, 0) is 35.0 Å². The van der Waals surface area contributed by atoms with Crippen molar-refractivity contribution < 1.29 is 0 Å². The van der Waals surface area contributed by atoms with Gasteiger partial charge in [0.15, 0.2) is 0 Å². The summed E-state index contributed by atoms with van der Waals surface area (Å²) in [5.41, 5.74) is 6.27. The van der Waals surface area contributed by atoms with Crippen LogP contribution in [0.1, 0.15) is 0 Å². The molecule has 0 bridgehead atoms. The lowest BCUT2D eigenvalue weighted by molar-refractivity contribution is 1.02. The number of hydrogen-bond acceptors (Lipinski definition) is 0. The van der Waals surface area contributed by atoms with Gasteiger partial charge in [-0.15, -0.1) is 0 Å². The summed E-state index contributed by atoms with van der Waals surface area (Å²) >= 11 is 0. The fourth-order valence-corrected chi connectivity index (χ4v) is 6.20. The van der Waals surface area contributed by atoms with E-state index in [4.69, 9.17) is 0 Å². The Balaban J connectivity index is 1.65. The minimum Gasteiger partial charge on any atom is -0.343 e. The lowest BCUT2D eigenvalue weighted by Crippen LogP contribution is -1.94. The molecule has 2 nitrogen and oxygen atoms in total. The number of rotatable bonds is 1. The lowest BCUT2D eigenvalue weighted by Gasteiger charge is -2.12. The zero-order chi connectivity index (χ0) is 23.1. The molecule has 35 heavy (non-hydrogen) atoms. The summed E-state index contributed by atoms with van der Waals surface area (Å²) in [4.78, 5) is 0. The van der Waals surface area contributed by atoms with Crippen LogP contribution in [0.25, 0.3) is 70.8 Å². The number of aromatic nitrogens is 2. The second-order valence-corrected chi connectivity index (χ2v) is 9.45. The molecular weight excluding hydrogens is 424 g/mol. The Morgan fingerprint density at radius 2 is 0.971 bits per heavy atom. The van der Waals surface area contributed by atoms with E-state index >= 15 is 0 Å². The topological polar surface area (TPSA) is 9.86 Å². The van der Waals surface area contributed by atoms with Gasteiger partial charge in [-0.3, -0.25) is 0 Å². The number of fused-ring (bicyclic) bond motifs is 11. The largest absolute Gasteiger partial charge is 0.343 e. The maximum atomic E-state index is 2.44. The van der Waals surface area contributed by atoms with Crippen molar-refractivity contribution in [3.8, 4) is 5.69 Å². The molecule has 0 spiro atoms. The van der Waals surface area contributed by atoms with Crippen LogP contribution < -0.4 is 0 Å². The maximum absolute atomic E-state index is 2.44. The van der Waals surface area contributed by atoms with Crippen LogP contribution in [-0.2, 0) is 7.05 Å². The van der Waals surface area contributed by atoms with Crippen molar-refractivity contribution in [3.63, 3.8) is 0 Å². The Morgan fingerprint density at radius 3 is 1.74 bits per heavy atom. The van der Waals surface area contributed by atoms with E-state index in [-0.39, 0.29) is 0 Å². The summed E-state index contributed by atoms with van der Waals surface area (Å²) in [6, 6.07) is 42.0. The standard InChI is InChI=1S/C33H22N2/c1-34-29-13-7-5-11-23(29)26-20-19-25-28(32(26)34)18-16-21-15-17-27-24-12-6-8-14-30(24)35(33(27)31(21)25)22-9-3-2-4-10-22/h2-20H,1H3. The van der Waals surface area contributed by atoms with E-state index in [1.165, 1.54) is 70.8 Å². The Hall–Kier alpha value is -4.56. The molecule has 2 heterocycles. The van der Waals surface area contributed by atoms with Gasteiger partial charge in [-0.2, -0.15) is 0 Å². The van der Waals surface area contributed by atoms with Gasteiger partial charge in [0, 0.05) is 50.6 Å². The first-order valence-corrected chi connectivity index (χ1v) is 12.1. The third kappa shape index (κ3) is 2.38. The third-order valence-corrected chi connectivity index (χ3v) is 7.69. The fraction of sp³-hybridized carbons (Fsp3) is 0.0303. The lowest BCUT2D eigenvalue weighted by atomic mass is 9.97. The van der Waals surface area contributed by atoms with E-state index in [9.17, 15) is 0 Å². The van der Waals surface area contributed by atoms with Crippen molar-refractivity contribution in [2.24, 2.45) is 7.05 Å². The maximum Gasteiger partial charge on any atom is 0.0625 e. The number of aryl methyl sites for hydroxylation is 1. The Morgan fingerprint density at radius 1 is 0.429 bits per heavy atom. The molecule has 2 heteroatoms. The summed E-state index contributed by atoms with van der Waals surface area (Å²) in [7, 11) is 2.19. The van der Waals surface area contributed by atoms with Gasteiger partial charge in [0.2, 0.25) is 0 Å². The minimum absolute atomic E-state index is 1.19. The average Bonchev–Trinajstić information content (AvgIpc) is 3.41. The van der Waals surface area contributed by atoms with Gasteiger partial charge < -0.3 is 9.13 Å². The Bertz CT molecular complexity index is 2110. The van der Waals surface area contributed by atoms with Gasteiger partial charge in [0.1, 0.15) is 0 Å². The Kier molecular flexibility index (Phi) is 3.62. The first kappa shape index (κ1) is 18.8. The van der Waals surface area contributed by atoms with Crippen LogP contribution in [0.3, 0.4) is 0 Å². The molecule has 8 aromatic rings. The Labute approximate surface area is 202 Å². The molecule has 0 saturated heterocycles. The molecule has 0 fully saturated rings. The van der Waals surface area contributed by atoms with E-state index in [0.717, 1.165) is 0 Å². The summed E-state index contributed by atoms with van der Waals surface area (Å²) in [6.45, 7) is 0. The third-order valence-electron chi connectivity index (χ3n) is 7.69. The predicted molar refractivity (Wildman–Crippen MR) is 150 cm³/mol. The van der Waals surface area contributed by atoms with Crippen molar-refractivity contribution in [3.05, 3.63) is 115 Å². The molecule has 6 aromatic carbocycles. The summed E-state index contributed by atoms with van der Waals surface area (Å²) in [5.74, 6) is 0. The van der Waals surface area contributed by atoms with Crippen LogP contribution >= 0.6 is 0 Å². The smallest absolute Gasteiger partial charge is 0.0625 e. The zero-order valence-electron chi connectivity index (χ0n) is 19.4. The minimum atomic E-state index is 1.19. The highest BCUT2D eigenvalue weighted by Crippen LogP contribution is 2.42. The van der Waals surface area contributed by atoms with Crippen LogP contribution in [0.15, 0.2) is 115 Å². The first-order chi connectivity index (χ1) is 17.3. The molecule has 0 amide bonds.